The molecule has 0 saturated heterocycles. The molecular formula is C25H29NO3. The highest BCUT2D eigenvalue weighted by molar-refractivity contribution is 5.86. The van der Waals surface area contributed by atoms with Gasteiger partial charge < -0.3 is 14.1 Å². The Balaban J connectivity index is 1.67. The number of rotatable bonds is 6. The number of benzene rings is 2. The third-order valence-corrected chi connectivity index (χ3v) is 5.74. The summed E-state index contributed by atoms with van der Waals surface area (Å²) in [5, 5.41) is 1.03. The van der Waals surface area contributed by atoms with Crippen LogP contribution in [-0.4, -0.2) is 6.73 Å². The van der Waals surface area contributed by atoms with Crippen molar-refractivity contribution in [1.29, 1.82) is 0 Å². The molecule has 1 aliphatic rings. The van der Waals surface area contributed by atoms with Gasteiger partial charge in [0.05, 0.1) is 0 Å². The molecule has 1 aromatic heterocycles. The zero-order valence-corrected chi connectivity index (χ0v) is 17.6. The third-order valence-electron chi connectivity index (χ3n) is 5.74. The first kappa shape index (κ1) is 19.6. The molecule has 1 aliphatic heterocycles. The van der Waals surface area contributed by atoms with Gasteiger partial charge in [-0.2, -0.15) is 0 Å². The van der Waals surface area contributed by atoms with E-state index in [-0.39, 0.29) is 5.63 Å². The van der Waals surface area contributed by atoms with Crippen LogP contribution < -0.4 is 15.3 Å². The molecule has 0 radical (unpaired) electrons. The van der Waals surface area contributed by atoms with Gasteiger partial charge in [0.15, 0.2) is 6.73 Å². The zero-order valence-electron chi connectivity index (χ0n) is 17.6. The molecule has 2 heterocycles. The molecule has 4 rings (SSSR count). The van der Waals surface area contributed by atoms with Crippen molar-refractivity contribution in [3.8, 4) is 5.75 Å². The number of anilines is 1. The molecule has 152 valence electrons. The highest BCUT2D eigenvalue weighted by atomic mass is 16.5. The minimum absolute atomic E-state index is 0.287. The molecule has 0 aliphatic carbocycles. The summed E-state index contributed by atoms with van der Waals surface area (Å²) in [6, 6.07) is 12.6. The fraction of sp³-hybridized carbons (Fsp3) is 0.400. The highest BCUT2D eigenvalue weighted by Crippen LogP contribution is 2.37. The lowest BCUT2D eigenvalue weighted by atomic mass is 9.98. The maximum absolute atomic E-state index is 12.0. The van der Waals surface area contributed by atoms with Gasteiger partial charge in [-0.25, -0.2) is 4.79 Å². The van der Waals surface area contributed by atoms with Crippen molar-refractivity contribution in [1.82, 2.24) is 0 Å². The summed E-state index contributed by atoms with van der Waals surface area (Å²) >= 11 is 0. The number of nitrogens with zero attached hydrogens (tertiary/aromatic N) is 1. The van der Waals surface area contributed by atoms with Crippen molar-refractivity contribution in [3.63, 3.8) is 0 Å². The topological polar surface area (TPSA) is 42.7 Å². The van der Waals surface area contributed by atoms with Crippen molar-refractivity contribution in [3.05, 3.63) is 69.1 Å². The van der Waals surface area contributed by atoms with E-state index in [0.29, 0.717) is 12.3 Å². The normalized spacial score (nSPS) is 13.4. The van der Waals surface area contributed by atoms with E-state index >= 15 is 0 Å². The molecule has 3 aromatic rings. The third kappa shape index (κ3) is 3.89. The highest BCUT2D eigenvalue weighted by Gasteiger charge is 2.23. The van der Waals surface area contributed by atoms with Crippen LogP contribution in [0.3, 0.4) is 0 Å². The van der Waals surface area contributed by atoms with Gasteiger partial charge in [0.1, 0.15) is 11.3 Å². The summed E-state index contributed by atoms with van der Waals surface area (Å²) in [5.74, 6) is 0.852. The Morgan fingerprint density at radius 2 is 1.83 bits per heavy atom. The SMILES string of the molecule is CCCCc1ccc(N2COc3c(cc4c(CCC)cc(=O)oc4c3C)C2)cc1. The van der Waals surface area contributed by atoms with Gasteiger partial charge >= 0.3 is 5.63 Å². The van der Waals surface area contributed by atoms with Crippen LogP contribution in [-0.2, 0) is 19.4 Å². The van der Waals surface area contributed by atoms with Gasteiger partial charge in [-0.05, 0) is 55.5 Å². The first-order chi connectivity index (χ1) is 14.1. The van der Waals surface area contributed by atoms with E-state index < -0.39 is 0 Å². The summed E-state index contributed by atoms with van der Waals surface area (Å²) in [4.78, 5) is 14.3. The van der Waals surface area contributed by atoms with E-state index in [4.69, 9.17) is 9.15 Å². The molecule has 0 saturated carbocycles. The van der Waals surface area contributed by atoms with E-state index in [1.54, 1.807) is 6.07 Å². The fourth-order valence-electron chi connectivity index (χ4n) is 4.18. The molecule has 2 aromatic carbocycles. The maximum atomic E-state index is 12.0. The molecule has 29 heavy (non-hydrogen) atoms. The monoisotopic (exact) mass is 391 g/mol. The lowest BCUT2D eigenvalue weighted by Gasteiger charge is -2.32. The first-order valence-corrected chi connectivity index (χ1v) is 10.7. The smallest absolute Gasteiger partial charge is 0.336 e. The molecule has 0 amide bonds. The lowest BCUT2D eigenvalue weighted by Crippen LogP contribution is -2.32. The minimum atomic E-state index is -0.287. The van der Waals surface area contributed by atoms with E-state index in [0.717, 1.165) is 53.6 Å². The summed E-state index contributed by atoms with van der Waals surface area (Å²) < 4.78 is 11.7. The lowest BCUT2D eigenvalue weighted by molar-refractivity contribution is 0.287. The molecule has 4 heteroatoms. The van der Waals surface area contributed by atoms with Crippen molar-refractivity contribution in [2.45, 2.75) is 59.4 Å². The van der Waals surface area contributed by atoms with E-state index in [1.165, 1.54) is 24.1 Å². The second-order valence-corrected chi connectivity index (χ2v) is 7.95. The maximum Gasteiger partial charge on any atom is 0.336 e. The second-order valence-electron chi connectivity index (χ2n) is 7.95. The van der Waals surface area contributed by atoms with Crippen molar-refractivity contribution < 1.29 is 9.15 Å². The van der Waals surface area contributed by atoms with Crippen molar-refractivity contribution in [2.75, 3.05) is 11.6 Å². The van der Waals surface area contributed by atoms with E-state index in [1.807, 2.05) is 6.92 Å². The van der Waals surface area contributed by atoms with Crippen LogP contribution in [0.25, 0.3) is 11.0 Å². The molecule has 0 unspecified atom stereocenters. The average Bonchev–Trinajstić information content (AvgIpc) is 2.73. The minimum Gasteiger partial charge on any atom is -0.472 e. The summed E-state index contributed by atoms with van der Waals surface area (Å²) in [7, 11) is 0. The average molecular weight is 392 g/mol. The van der Waals surface area contributed by atoms with Gasteiger partial charge in [0, 0.05) is 34.8 Å². The molecule has 0 atom stereocenters. The first-order valence-electron chi connectivity index (χ1n) is 10.7. The Hall–Kier alpha value is -2.75. The summed E-state index contributed by atoms with van der Waals surface area (Å²) in [6.45, 7) is 7.61. The van der Waals surface area contributed by atoms with E-state index in [9.17, 15) is 4.79 Å². The zero-order chi connectivity index (χ0) is 20.4. The predicted octanol–water partition coefficient (Wildman–Crippen LogP) is 5.75. The predicted molar refractivity (Wildman–Crippen MR) is 118 cm³/mol. The van der Waals surface area contributed by atoms with Crippen molar-refractivity contribution >= 4 is 16.7 Å². The largest absolute Gasteiger partial charge is 0.472 e. The van der Waals surface area contributed by atoms with E-state index in [2.05, 4.69) is 49.1 Å². The number of hydrogen-bond acceptors (Lipinski definition) is 4. The van der Waals surface area contributed by atoms with Crippen LogP contribution in [0.1, 0.15) is 55.4 Å². The van der Waals surface area contributed by atoms with Gasteiger partial charge in [-0.3, -0.25) is 0 Å². The Morgan fingerprint density at radius 3 is 2.55 bits per heavy atom. The van der Waals surface area contributed by atoms with Crippen molar-refractivity contribution in [2.24, 2.45) is 0 Å². The van der Waals surface area contributed by atoms with Gasteiger partial charge in [0.2, 0.25) is 0 Å². The van der Waals surface area contributed by atoms with Gasteiger partial charge in [-0.15, -0.1) is 0 Å². The Kier molecular flexibility index (Phi) is 5.61. The summed E-state index contributed by atoms with van der Waals surface area (Å²) in [5.41, 5.74) is 6.04. The Bertz CT molecular complexity index is 1070. The molecule has 0 bridgehead atoms. The number of aryl methyl sites for hydroxylation is 3. The quantitative estimate of drug-likeness (QED) is 0.502. The molecular weight excluding hydrogens is 362 g/mol. The second kappa shape index (κ2) is 8.32. The number of ether oxygens (including phenoxy) is 1. The van der Waals surface area contributed by atoms with Crippen LogP contribution in [0.15, 0.2) is 45.6 Å². The number of unbranched alkanes of at least 4 members (excludes halogenated alkanes) is 1. The number of fused-ring (bicyclic) bond motifs is 2. The molecule has 0 fully saturated rings. The van der Waals surface area contributed by atoms with Gasteiger partial charge in [0.25, 0.3) is 0 Å². The summed E-state index contributed by atoms with van der Waals surface area (Å²) in [6.07, 6.45) is 5.42. The molecule has 0 N–H and O–H groups in total. The molecule has 4 nitrogen and oxygen atoms in total. The van der Waals surface area contributed by atoms with Crippen LogP contribution in [0, 0.1) is 6.92 Å². The molecule has 0 spiro atoms. The standard InChI is InChI=1S/C25H29NO3/c1-4-6-8-18-9-11-21(12-10-18)26-15-20-13-22-19(7-5-2)14-23(27)29-25(22)17(3)24(20)28-16-26/h9-14H,4-8,15-16H2,1-3H3. The van der Waals surface area contributed by atoms with Crippen LogP contribution in [0.5, 0.6) is 5.75 Å². The fourth-order valence-corrected chi connectivity index (χ4v) is 4.18. The van der Waals surface area contributed by atoms with Gasteiger partial charge in [-0.1, -0.05) is 38.8 Å². The van der Waals surface area contributed by atoms with Crippen LogP contribution >= 0.6 is 0 Å². The Morgan fingerprint density at radius 1 is 1.03 bits per heavy atom. The van der Waals surface area contributed by atoms with Crippen LogP contribution in [0.2, 0.25) is 0 Å². The Labute approximate surface area is 172 Å². The van der Waals surface area contributed by atoms with Crippen LogP contribution in [0.4, 0.5) is 5.69 Å². The number of hydrogen-bond donors (Lipinski definition) is 0.